The fourth-order valence-electron chi connectivity index (χ4n) is 2.97. The van der Waals surface area contributed by atoms with Crippen LogP contribution in [0.4, 0.5) is 11.6 Å². The minimum atomic E-state index is 0.665. The van der Waals surface area contributed by atoms with Crippen molar-refractivity contribution in [2.45, 2.75) is 0 Å². The summed E-state index contributed by atoms with van der Waals surface area (Å²) >= 11 is 0. The van der Waals surface area contributed by atoms with Gasteiger partial charge in [0.15, 0.2) is 11.5 Å². The number of hydrogen-bond acceptors (Lipinski definition) is 6. The van der Waals surface area contributed by atoms with Gasteiger partial charge in [-0.2, -0.15) is 0 Å². The Kier molecular flexibility index (Phi) is 4.33. The Morgan fingerprint density at radius 3 is 2.52 bits per heavy atom. The number of aromatic nitrogens is 4. The molecule has 3 heterocycles. The number of ether oxygens (including phenoxy) is 2. The second-order valence-electron chi connectivity index (χ2n) is 5.96. The average molecular weight is 361 g/mol. The molecule has 1 N–H and O–H groups in total. The fourth-order valence-corrected chi connectivity index (χ4v) is 2.97. The van der Waals surface area contributed by atoms with E-state index in [1.807, 2.05) is 54.1 Å². The van der Waals surface area contributed by atoms with Crippen LogP contribution in [0.5, 0.6) is 11.5 Å². The molecule has 7 heteroatoms. The molecule has 0 fully saturated rings. The summed E-state index contributed by atoms with van der Waals surface area (Å²) in [5, 5.41) is 3.21. The third-order valence-corrected chi connectivity index (χ3v) is 4.33. The minimum absolute atomic E-state index is 0.665. The van der Waals surface area contributed by atoms with E-state index < -0.39 is 0 Å². The summed E-state index contributed by atoms with van der Waals surface area (Å²) in [6, 6.07) is 13.4. The summed E-state index contributed by atoms with van der Waals surface area (Å²) in [5.74, 6) is 3.62. The lowest BCUT2D eigenvalue weighted by molar-refractivity contribution is 0.355. The van der Waals surface area contributed by atoms with Crippen molar-refractivity contribution in [2.75, 3.05) is 19.5 Å². The summed E-state index contributed by atoms with van der Waals surface area (Å²) in [6.45, 7) is 0. The number of pyridine rings is 2. The predicted octanol–water partition coefficient (Wildman–Crippen LogP) is 3.79. The van der Waals surface area contributed by atoms with Crippen LogP contribution in [0.15, 0.2) is 54.9 Å². The molecule has 0 atom stereocenters. The first-order chi connectivity index (χ1) is 13.2. The maximum absolute atomic E-state index is 5.41. The molecule has 0 aliphatic rings. The van der Waals surface area contributed by atoms with Gasteiger partial charge in [0.1, 0.15) is 23.0 Å². The molecule has 0 aliphatic carbocycles. The highest BCUT2D eigenvalue weighted by Crippen LogP contribution is 2.33. The van der Waals surface area contributed by atoms with Crippen molar-refractivity contribution in [3.8, 4) is 22.9 Å². The van der Waals surface area contributed by atoms with Crippen molar-refractivity contribution in [2.24, 2.45) is 7.05 Å². The second kappa shape index (κ2) is 6.95. The van der Waals surface area contributed by atoms with E-state index in [0.717, 1.165) is 28.2 Å². The van der Waals surface area contributed by atoms with E-state index in [1.165, 1.54) is 0 Å². The van der Waals surface area contributed by atoms with Gasteiger partial charge in [0.25, 0.3) is 0 Å². The number of aryl methyl sites for hydroxylation is 1. The van der Waals surface area contributed by atoms with Crippen LogP contribution in [0, 0.1) is 0 Å². The lowest BCUT2D eigenvalue weighted by atomic mass is 10.2. The predicted molar refractivity (Wildman–Crippen MR) is 105 cm³/mol. The highest BCUT2D eigenvalue weighted by molar-refractivity contribution is 5.82. The molecule has 4 aromatic rings. The van der Waals surface area contributed by atoms with E-state index >= 15 is 0 Å². The zero-order valence-corrected chi connectivity index (χ0v) is 15.3. The molecule has 4 rings (SSSR count). The molecule has 0 radical (unpaired) electrons. The maximum Gasteiger partial charge on any atom is 0.161 e. The molecule has 7 nitrogen and oxygen atoms in total. The summed E-state index contributed by atoms with van der Waals surface area (Å²) < 4.78 is 12.7. The molecule has 0 unspecified atom stereocenters. The van der Waals surface area contributed by atoms with Crippen LogP contribution in [-0.2, 0) is 7.05 Å². The Labute approximate surface area is 156 Å². The largest absolute Gasteiger partial charge is 0.493 e. The topological polar surface area (TPSA) is 74.1 Å². The van der Waals surface area contributed by atoms with E-state index in [0.29, 0.717) is 17.3 Å². The van der Waals surface area contributed by atoms with Crippen molar-refractivity contribution in [1.82, 2.24) is 19.5 Å². The summed E-state index contributed by atoms with van der Waals surface area (Å²) in [6.07, 6.45) is 3.49. The molecular formula is C20H19N5O2. The van der Waals surface area contributed by atoms with Crippen LogP contribution in [0.25, 0.3) is 22.4 Å². The van der Waals surface area contributed by atoms with Gasteiger partial charge in [-0.15, -0.1) is 0 Å². The number of benzene rings is 1. The molecular weight excluding hydrogens is 342 g/mol. The molecule has 0 amide bonds. The molecule has 3 aromatic heterocycles. The van der Waals surface area contributed by atoms with Crippen LogP contribution in [0.3, 0.4) is 0 Å². The Bertz CT molecular complexity index is 1090. The molecule has 0 saturated carbocycles. The Morgan fingerprint density at radius 1 is 0.926 bits per heavy atom. The first-order valence-electron chi connectivity index (χ1n) is 8.42. The molecule has 1 aromatic carbocycles. The number of methoxy groups -OCH3 is 2. The van der Waals surface area contributed by atoms with Crippen molar-refractivity contribution < 1.29 is 9.47 Å². The lowest BCUT2D eigenvalue weighted by Crippen LogP contribution is -1.97. The highest BCUT2D eigenvalue weighted by atomic mass is 16.5. The first-order valence-corrected chi connectivity index (χ1v) is 8.42. The molecule has 0 bridgehead atoms. The van der Waals surface area contributed by atoms with Crippen molar-refractivity contribution >= 4 is 22.7 Å². The Hall–Kier alpha value is -3.61. The molecule has 0 saturated heterocycles. The van der Waals surface area contributed by atoms with Gasteiger partial charge in [-0.05, 0) is 30.3 Å². The highest BCUT2D eigenvalue weighted by Gasteiger charge is 2.14. The van der Waals surface area contributed by atoms with E-state index in [4.69, 9.17) is 14.5 Å². The third kappa shape index (κ3) is 3.15. The number of anilines is 2. The Morgan fingerprint density at radius 2 is 1.78 bits per heavy atom. The molecule has 136 valence electrons. The molecule has 0 spiro atoms. The van der Waals surface area contributed by atoms with Gasteiger partial charge in [-0.1, -0.05) is 6.07 Å². The van der Waals surface area contributed by atoms with Crippen LogP contribution < -0.4 is 14.8 Å². The Balaban J connectivity index is 1.74. The quantitative estimate of drug-likeness (QED) is 0.583. The van der Waals surface area contributed by atoms with Gasteiger partial charge < -0.3 is 19.4 Å². The monoisotopic (exact) mass is 361 g/mol. The van der Waals surface area contributed by atoms with Gasteiger partial charge in [-0.25, -0.2) is 15.0 Å². The summed E-state index contributed by atoms with van der Waals surface area (Å²) in [5.41, 5.74) is 2.72. The van der Waals surface area contributed by atoms with Gasteiger partial charge in [-0.3, -0.25) is 0 Å². The third-order valence-electron chi connectivity index (χ3n) is 4.33. The maximum atomic E-state index is 5.41. The number of imidazole rings is 1. The van der Waals surface area contributed by atoms with E-state index in [-0.39, 0.29) is 0 Å². The molecule has 0 aliphatic heterocycles. The fraction of sp³-hybridized carbons (Fsp3) is 0.150. The van der Waals surface area contributed by atoms with Crippen molar-refractivity contribution in [3.63, 3.8) is 0 Å². The minimum Gasteiger partial charge on any atom is -0.493 e. The van der Waals surface area contributed by atoms with E-state index in [2.05, 4.69) is 15.3 Å². The SMILES string of the molecule is COc1ccc(-c2nc3cnc(Nc4ccccn4)cc3n2C)cc1OC. The second-order valence-corrected chi connectivity index (χ2v) is 5.96. The lowest BCUT2D eigenvalue weighted by Gasteiger charge is -2.09. The van der Waals surface area contributed by atoms with Gasteiger partial charge in [0.2, 0.25) is 0 Å². The van der Waals surface area contributed by atoms with E-state index in [9.17, 15) is 0 Å². The number of nitrogens with zero attached hydrogens (tertiary/aromatic N) is 4. The number of hydrogen-bond donors (Lipinski definition) is 1. The van der Waals surface area contributed by atoms with Gasteiger partial charge >= 0.3 is 0 Å². The standard InChI is InChI=1S/C20H19N5O2/c1-25-15-11-19(24-18-6-4-5-9-21-18)22-12-14(15)23-20(25)13-7-8-16(26-2)17(10-13)27-3/h4-12H,1-3H3,(H,21,22,24). The summed E-state index contributed by atoms with van der Waals surface area (Å²) in [4.78, 5) is 13.4. The number of nitrogens with one attached hydrogen (secondary N) is 1. The zero-order chi connectivity index (χ0) is 18.8. The first kappa shape index (κ1) is 16.8. The van der Waals surface area contributed by atoms with Gasteiger partial charge in [0.05, 0.1) is 25.9 Å². The van der Waals surface area contributed by atoms with Crippen molar-refractivity contribution in [3.05, 3.63) is 54.9 Å². The number of fused-ring (bicyclic) bond motifs is 1. The van der Waals surface area contributed by atoms with Crippen LogP contribution in [0.1, 0.15) is 0 Å². The normalized spacial score (nSPS) is 10.8. The van der Waals surface area contributed by atoms with Crippen molar-refractivity contribution in [1.29, 1.82) is 0 Å². The summed E-state index contributed by atoms with van der Waals surface area (Å²) in [7, 11) is 5.22. The zero-order valence-electron chi connectivity index (χ0n) is 15.3. The average Bonchev–Trinajstić information content (AvgIpc) is 3.04. The number of rotatable bonds is 5. The van der Waals surface area contributed by atoms with Crippen LogP contribution in [0.2, 0.25) is 0 Å². The van der Waals surface area contributed by atoms with Crippen LogP contribution in [-0.4, -0.2) is 33.7 Å². The van der Waals surface area contributed by atoms with Gasteiger partial charge in [0, 0.05) is 24.9 Å². The van der Waals surface area contributed by atoms with Crippen LogP contribution >= 0.6 is 0 Å². The smallest absolute Gasteiger partial charge is 0.161 e. The van der Waals surface area contributed by atoms with E-state index in [1.54, 1.807) is 26.6 Å². The molecule has 27 heavy (non-hydrogen) atoms.